The highest BCUT2D eigenvalue weighted by molar-refractivity contribution is 5.90. The van der Waals surface area contributed by atoms with E-state index < -0.39 is 6.10 Å². The zero-order chi connectivity index (χ0) is 25.8. The highest BCUT2D eigenvalue weighted by Gasteiger charge is 2.65. The highest BCUT2D eigenvalue weighted by atomic mass is 19.1. The van der Waals surface area contributed by atoms with E-state index in [2.05, 4.69) is 26.1 Å². The van der Waals surface area contributed by atoms with Crippen molar-refractivity contribution in [1.29, 1.82) is 0 Å². The van der Waals surface area contributed by atoms with Gasteiger partial charge in [0.1, 0.15) is 5.82 Å². The van der Waals surface area contributed by atoms with Crippen LogP contribution < -0.4 is 5.32 Å². The molecule has 6 heteroatoms. The summed E-state index contributed by atoms with van der Waals surface area (Å²) in [6, 6.07) is 5.82. The molecular formula is C30H44FNO4. The van der Waals surface area contributed by atoms with Gasteiger partial charge in [0, 0.05) is 12.1 Å². The Morgan fingerprint density at radius 2 is 1.78 bits per heavy atom. The van der Waals surface area contributed by atoms with Crippen LogP contribution in [0.3, 0.4) is 0 Å². The second-order valence-electron chi connectivity index (χ2n) is 13.1. The Hall–Kier alpha value is -1.50. The first-order valence-electron chi connectivity index (χ1n) is 14.1. The van der Waals surface area contributed by atoms with Crippen molar-refractivity contribution in [2.24, 2.45) is 46.3 Å². The Labute approximate surface area is 214 Å². The zero-order valence-corrected chi connectivity index (χ0v) is 22.0. The summed E-state index contributed by atoms with van der Waals surface area (Å²) in [4.78, 5) is 12.6. The molecule has 5 rings (SSSR count). The third-order valence-corrected chi connectivity index (χ3v) is 11.5. The van der Waals surface area contributed by atoms with Gasteiger partial charge in [-0.05, 0) is 122 Å². The minimum absolute atomic E-state index is 0.0708. The van der Waals surface area contributed by atoms with Gasteiger partial charge in [0.05, 0.1) is 18.3 Å². The molecule has 1 amide bonds. The third-order valence-electron chi connectivity index (χ3n) is 11.5. The van der Waals surface area contributed by atoms with Crippen molar-refractivity contribution in [2.75, 3.05) is 5.32 Å². The quantitative estimate of drug-likeness (QED) is 0.450. The SMILES string of the molecule is C[C@H](CCC(=O)Nc1ccc(F)cc1)[C@H]1CC[C@H]2[C@@H]3[C@H](O)C[C@@H]4C[C@H](O)CC[C@]4(C)[C@H]3C[C@H](O)[C@]12C. The number of halogens is 1. The van der Waals surface area contributed by atoms with E-state index in [9.17, 15) is 24.5 Å². The molecule has 4 fully saturated rings. The molecule has 0 unspecified atom stereocenters. The first kappa shape index (κ1) is 26.1. The van der Waals surface area contributed by atoms with Crippen molar-refractivity contribution in [2.45, 2.75) is 96.9 Å². The fourth-order valence-corrected chi connectivity index (χ4v) is 9.45. The Bertz CT molecular complexity index is 955. The number of nitrogens with one attached hydrogen (secondary N) is 1. The van der Waals surface area contributed by atoms with E-state index >= 15 is 0 Å². The average Bonchev–Trinajstić information content (AvgIpc) is 3.19. The Kier molecular flexibility index (Phi) is 7.01. The van der Waals surface area contributed by atoms with Crippen LogP contribution in [0.5, 0.6) is 0 Å². The standard InChI is InChI=1S/C30H44FNO4/c1-17(4-11-27(36)32-20-7-5-19(31)6-8-20)22-9-10-23-28-24(16-26(35)30(22,23)3)29(2)13-12-21(33)14-18(29)15-25(28)34/h5-8,17-18,21-26,28,33-35H,4,9-16H2,1-3H3,(H,32,36)/t17-,18+,21-,22-,23+,24+,25-,26+,28+,29+,30-/m1/s1. The third kappa shape index (κ3) is 4.31. The van der Waals surface area contributed by atoms with E-state index in [1.807, 2.05) is 0 Å². The molecule has 4 aliphatic rings. The fourth-order valence-electron chi connectivity index (χ4n) is 9.45. The molecule has 0 saturated heterocycles. The maximum Gasteiger partial charge on any atom is 0.224 e. The Balaban J connectivity index is 1.27. The molecule has 4 saturated carbocycles. The second-order valence-corrected chi connectivity index (χ2v) is 13.1. The number of hydrogen-bond donors (Lipinski definition) is 4. The average molecular weight is 502 g/mol. The Morgan fingerprint density at radius 3 is 2.50 bits per heavy atom. The summed E-state index contributed by atoms with van der Waals surface area (Å²) in [5.41, 5.74) is 0.420. The molecule has 0 aliphatic heterocycles. The minimum Gasteiger partial charge on any atom is -0.393 e. The van der Waals surface area contributed by atoms with Crippen molar-refractivity contribution in [3.05, 3.63) is 30.1 Å². The largest absolute Gasteiger partial charge is 0.393 e. The van der Waals surface area contributed by atoms with Crippen molar-refractivity contribution >= 4 is 11.6 Å². The van der Waals surface area contributed by atoms with Crippen LogP contribution in [0.15, 0.2) is 24.3 Å². The maximum absolute atomic E-state index is 13.1. The monoisotopic (exact) mass is 501 g/mol. The molecule has 0 heterocycles. The molecule has 0 bridgehead atoms. The first-order valence-corrected chi connectivity index (χ1v) is 14.1. The number of aliphatic hydroxyl groups excluding tert-OH is 3. The number of fused-ring (bicyclic) bond motifs is 5. The van der Waals surface area contributed by atoms with Gasteiger partial charge in [0.25, 0.3) is 0 Å². The molecule has 36 heavy (non-hydrogen) atoms. The lowest BCUT2D eigenvalue weighted by Gasteiger charge is -2.63. The molecule has 4 aliphatic carbocycles. The van der Waals surface area contributed by atoms with E-state index in [-0.39, 0.29) is 52.5 Å². The molecule has 4 N–H and O–H groups in total. The molecule has 1 aromatic rings. The topological polar surface area (TPSA) is 89.8 Å². The van der Waals surface area contributed by atoms with Gasteiger partial charge < -0.3 is 20.6 Å². The van der Waals surface area contributed by atoms with E-state index in [1.54, 1.807) is 12.1 Å². The zero-order valence-electron chi connectivity index (χ0n) is 22.0. The summed E-state index contributed by atoms with van der Waals surface area (Å²) in [5.74, 6) is 1.29. The summed E-state index contributed by atoms with van der Waals surface area (Å²) in [6.45, 7) is 6.81. The van der Waals surface area contributed by atoms with Crippen molar-refractivity contribution in [3.8, 4) is 0 Å². The maximum atomic E-state index is 13.1. The van der Waals surface area contributed by atoms with Gasteiger partial charge in [-0.1, -0.05) is 20.8 Å². The van der Waals surface area contributed by atoms with Crippen LogP contribution in [-0.2, 0) is 4.79 Å². The molecule has 0 aromatic heterocycles. The normalized spacial score (nSPS) is 44.8. The molecule has 1 aromatic carbocycles. The van der Waals surface area contributed by atoms with Gasteiger partial charge >= 0.3 is 0 Å². The van der Waals surface area contributed by atoms with E-state index in [0.717, 1.165) is 51.4 Å². The summed E-state index contributed by atoms with van der Waals surface area (Å²) >= 11 is 0. The second kappa shape index (κ2) is 9.67. The number of hydrogen-bond acceptors (Lipinski definition) is 4. The van der Waals surface area contributed by atoms with Gasteiger partial charge in [-0.3, -0.25) is 4.79 Å². The van der Waals surface area contributed by atoms with E-state index in [4.69, 9.17) is 0 Å². The van der Waals surface area contributed by atoms with Gasteiger partial charge in [0.15, 0.2) is 0 Å². The number of amides is 1. The van der Waals surface area contributed by atoms with E-state index in [1.165, 1.54) is 12.1 Å². The van der Waals surface area contributed by atoms with Gasteiger partial charge in [0.2, 0.25) is 5.91 Å². The van der Waals surface area contributed by atoms with Crippen LogP contribution in [0.4, 0.5) is 10.1 Å². The number of carbonyl (C=O) groups excluding carboxylic acids is 1. The van der Waals surface area contributed by atoms with Crippen LogP contribution in [0.2, 0.25) is 0 Å². The van der Waals surface area contributed by atoms with Gasteiger partial charge in [-0.15, -0.1) is 0 Å². The molecule has 0 spiro atoms. The number of carbonyl (C=O) groups is 1. The molecule has 0 radical (unpaired) electrons. The van der Waals surface area contributed by atoms with Crippen molar-refractivity contribution in [3.63, 3.8) is 0 Å². The molecule has 200 valence electrons. The minimum atomic E-state index is -0.415. The Morgan fingerprint density at radius 1 is 1.06 bits per heavy atom. The summed E-state index contributed by atoms with van der Waals surface area (Å²) in [6.07, 6.45) is 6.19. The van der Waals surface area contributed by atoms with Crippen LogP contribution in [0, 0.1) is 52.2 Å². The number of rotatable bonds is 5. The molecular weight excluding hydrogens is 457 g/mol. The summed E-state index contributed by atoms with van der Waals surface area (Å²) in [7, 11) is 0. The lowest BCUT2D eigenvalue weighted by molar-refractivity contribution is -0.207. The van der Waals surface area contributed by atoms with Crippen LogP contribution in [0.25, 0.3) is 0 Å². The lowest BCUT2D eigenvalue weighted by Crippen LogP contribution is -2.62. The number of aliphatic hydroxyl groups is 3. The molecule has 11 atom stereocenters. The van der Waals surface area contributed by atoms with Crippen LogP contribution in [-0.4, -0.2) is 39.5 Å². The van der Waals surface area contributed by atoms with Gasteiger partial charge in [-0.25, -0.2) is 4.39 Å². The fraction of sp³-hybridized carbons (Fsp3) is 0.767. The van der Waals surface area contributed by atoms with E-state index in [0.29, 0.717) is 29.9 Å². The van der Waals surface area contributed by atoms with Crippen molar-refractivity contribution in [1.82, 2.24) is 0 Å². The predicted molar refractivity (Wildman–Crippen MR) is 137 cm³/mol. The smallest absolute Gasteiger partial charge is 0.224 e. The first-order chi connectivity index (χ1) is 17.0. The van der Waals surface area contributed by atoms with Crippen LogP contribution in [0.1, 0.15) is 78.6 Å². The number of benzene rings is 1. The van der Waals surface area contributed by atoms with Gasteiger partial charge in [-0.2, -0.15) is 0 Å². The lowest BCUT2D eigenvalue weighted by atomic mass is 9.43. The summed E-state index contributed by atoms with van der Waals surface area (Å²) < 4.78 is 13.1. The number of anilines is 1. The van der Waals surface area contributed by atoms with Crippen molar-refractivity contribution < 1.29 is 24.5 Å². The predicted octanol–water partition coefficient (Wildman–Crippen LogP) is 5.14. The summed E-state index contributed by atoms with van der Waals surface area (Å²) in [5, 5.41) is 36.3. The highest BCUT2D eigenvalue weighted by Crippen LogP contribution is 2.68. The van der Waals surface area contributed by atoms with Crippen LogP contribution >= 0.6 is 0 Å². The molecule has 5 nitrogen and oxygen atoms in total.